The Kier molecular flexibility index (Phi) is 6.42. The summed E-state index contributed by atoms with van der Waals surface area (Å²) in [4.78, 5) is 26.4. The summed E-state index contributed by atoms with van der Waals surface area (Å²) in [6, 6.07) is 11.6. The Balaban J connectivity index is 1.86. The number of hydrogen-bond donors (Lipinski definition) is 0. The number of nitrogens with zero attached hydrogens (tertiary/aromatic N) is 1. The number of amides is 2. The van der Waals surface area contributed by atoms with Crippen molar-refractivity contribution in [3.05, 3.63) is 69.3 Å². The Hall–Kier alpha value is -2.31. The van der Waals surface area contributed by atoms with E-state index in [-0.39, 0.29) is 28.1 Å². The molecule has 1 heterocycles. The highest BCUT2D eigenvalue weighted by Crippen LogP contribution is 2.36. The maximum Gasteiger partial charge on any atom is 0.293 e. The Bertz CT molecular complexity index is 927. The van der Waals surface area contributed by atoms with Gasteiger partial charge in [-0.3, -0.25) is 14.5 Å². The molecule has 0 unspecified atom stereocenters. The average molecular weight is 420 g/mol. The van der Waals surface area contributed by atoms with Crippen LogP contribution in [0.2, 0.25) is 5.02 Å². The van der Waals surface area contributed by atoms with Crippen molar-refractivity contribution in [3.8, 4) is 5.75 Å². The van der Waals surface area contributed by atoms with Crippen molar-refractivity contribution in [2.45, 2.75) is 32.9 Å². The van der Waals surface area contributed by atoms with Crippen LogP contribution >= 0.6 is 23.4 Å². The second-order valence-corrected chi connectivity index (χ2v) is 7.74. The summed E-state index contributed by atoms with van der Waals surface area (Å²) in [5.74, 6) is -0.392. The predicted octanol–water partition coefficient (Wildman–Crippen LogP) is 5.89. The first-order valence-electron chi connectivity index (χ1n) is 8.84. The molecule has 0 aliphatic carbocycles. The fourth-order valence-electron chi connectivity index (χ4n) is 2.63. The number of halogens is 2. The van der Waals surface area contributed by atoms with E-state index in [1.54, 1.807) is 6.08 Å². The third-order valence-corrected chi connectivity index (χ3v) is 5.62. The van der Waals surface area contributed by atoms with Gasteiger partial charge in [-0.15, -0.1) is 0 Å². The molecule has 1 aliphatic heterocycles. The van der Waals surface area contributed by atoms with Gasteiger partial charge in [-0.25, -0.2) is 4.39 Å². The Morgan fingerprint density at radius 2 is 1.96 bits per heavy atom. The van der Waals surface area contributed by atoms with Crippen molar-refractivity contribution in [2.75, 3.05) is 0 Å². The van der Waals surface area contributed by atoms with Crippen molar-refractivity contribution in [1.82, 2.24) is 4.90 Å². The molecule has 1 saturated heterocycles. The number of thioether (sulfide) groups is 1. The molecular formula is C21H19ClFNO3S. The molecule has 146 valence electrons. The van der Waals surface area contributed by atoms with Crippen molar-refractivity contribution in [2.24, 2.45) is 0 Å². The zero-order chi connectivity index (χ0) is 20.3. The smallest absolute Gasteiger partial charge is 0.293 e. The fraction of sp³-hybridized carbons (Fsp3) is 0.238. The van der Waals surface area contributed by atoms with Gasteiger partial charge in [0.05, 0.1) is 17.6 Å². The predicted molar refractivity (Wildman–Crippen MR) is 110 cm³/mol. The van der Waals surface area contributed by atoms with Gasteiger partial charge >= 0.3 is 0 Å². The van der Waals surface area contributed by atoms with Gasteiger partial charge in [0.25, 0.3) is 11.1 Å². The number of ether oxygens (including phenoxy) is 1. The third kappa shape index (κ3) is 4.39. The number of para-hydroxylation sites is 1. The molecular weight excluding hydrogens is 401 g/mol. The summed E-state index contributed by atoms with van der Waals surface area (Å²) in [6.45, 7) is 3.77. The molecule has 1 fully saturated rings. The highest BCUT2D eigenvalue weighted by molar-refractivity contribution is 8.18. The van der Waals surface area contributed by atoms with E-state index >= 15 is 0 Å². The zero-order valence-electron chi connectivity index (χ0n) is 15.4. The minimum absolute atomic E-state index is 0.0211. The second kappa shape index (κ2) is 8.80. The molecule has 1 aliphatic rings. The molecule has 28 heavy (non-hydrogen) atoms. The van der Waals surface area contributed by atoms with E-state index in [0.29, 0.717) is 11.3 Å². The van der Waals surface area contributed by atoms with Crippen molar-refractivity contribution in [3.63, 3.8) is 0 Å². The molecule has 2 aromatic carbocycles. The molecule has 0 spiro atoms. The second-order valence-electron chi connectivity index (χ2n) is 6.34. The SMILES string of the molecule is CC[C@@H](C)Oc1ccccc1/C=C1/SC(=O)N(Cc2c(F)cccc2Cl)C1=O. The molecule has 2 aromatic rings. The average Bonchev–Trinajstić information content (AvgIpc) is 2.93. The van der Waals surface area contributed by atoms with Crippen molar-refractivity contribution >= 4 is 40.6 Å². The summed E-state index contributed by atoms with van der Waals surface area (Å²) >= 11 is 6.84. The van der Waals surface area contributed by atoms with Gasteiger partial charge in [0.15, 0.2) is 0 Å². The van der Waals surface area contributed by atoms with E-state index in [1.807, 2.05) is 38.1 Å². The third-order valence-electron chi connectivity index (χ3n) is 4.36. The lowest BCUT2D eigenvalue weighted by molar-refractivity contribution is -0.123. The Morgan fingerprint density at radius 1 is 1.21 bits per heavy atom. The van der Waals surface area contributed by atoms with Crippen LogP contribution in [0.15, 0.2) is 47.4 Å². The monoisotopic (exact) mass is 419 g/mol. The molecule has 0 aromatic heterocycles. The van der Waals surface area contributed by atoms with E-state index in [0.717, 1.165) is 23.1 Å². The van der Waals surface area contributed by atoms with Gasteiger partial charge in [0.2, 0.25) is 0 Å². The van der Waals surface area contributed by atoms with Crippen molar-refractivity contribution < 1.29 is 18.7 Å². The standard InChI is InChI=1S/C21H19ClFNO3S/c1-3-13(2)27-18-10-5-4-7-14(18)11-19-20(25)24(21(26)28-19)12-15-16(22)8-6-9-17(15)23/h4-11,13H,3,12H2,1-2H3/b19-11+/t13-/m1/s1. The minimum Gasteiger partial charge on any atom is -0.490 e. The molecule has 4 nitrogen and oxygen atoms in total. The number of carbonyl (C=O) groups is 2. The molecule has 7 heteroatoms. The van der Waals surface area contributed by atoms with Crippen LogP contribution in [0.5, 0.6) is 5.75 Å². The maximum atomic E-state index is 14.0. The van der Waals surface area contributed by atoms with E-state index in [4.69, 9.17) is 16.3 Å². The largest absolute Gasteiger partial charge is 0.490 e. The number of carbonyl (C=O) groups excluding carboxylic acids is 2. The lowest BCUT2D eigenvalue weighted by atomic mass is 10.1. The minimum atomic E-state index is -0.553. The van der Waals surface area contributed by atoms with Gasteiger partial charge in [0, 0.05) is 16.1 Å². The van der Waals surface area contributed by atoms with Gasteiger partial charge in [-0.1, -0.05) is 42.8 Å². The molecule has 0 N–H and O–H groups in total. The molecule has 0 bridgehead atoms. The number of benzene rings is 2. The molecule has 2 amide bonds. The Labute approximate surface area is 172 Å². The van der Waals surface area contributed by atoms with Gasteiger partial charge in [-0.2, -0.15) is 0 Å². The van der Waals surface area contributed by atoms with Crippen LogP contribution in [0.4, 0.5) is 9.18 Å². The van der Waals surface area contributed by atoms with Crippen molar-refractivity contribution in [1.29, 1.82) is 0 Å². The normalized spacial score (nSPS) is 16.7. The zero-order valence-corrected chi connectivity index (χ0v) is 17.0. The van der Waals surface area contributed by atoms with Crippen LogP contribution in [-0.4, -0.2) is 22.2 Å². The summed E-state index contributed by atoms with van der Waals surface area (Å²) < 4.78 is 19.9. The van der Waals surface area contributed by atoms with Gasteiger partial charge in [0.1, 0.15) is 11.6 Å². The molecule has 0 saturated carbocycles. The van der Waals surface area contributed by atoms with Gasteiger partial charge in [-0.05, 0) is 49.4 Å². The summed E-state index contributed by atoms with van der Waals surface area (Å²) in [5, 5.41) is -0.286. The molecule has 3 rings (SSSR count). The van der Waals surface area contributed by atoms with Gasteiger partial charge < -0.3 is 4.74 Å². The Morgan fingerprint density at radius 3 is 2.68 bits per heavy atom. The van der Waals surface area contributed by atoms with Crippen LogP contribution in [0, 0.1) is 5.82 Å². The summed E-state index contributed by atoms with van der Waals surface area (Å²) in [5.41, 5.74) is 0.824. The topological polar surface area (TPSA) is 46.6 Å². The lowest BCUT2D eigenvalue weighted by Crippen LogP contribution is -2.28. The van der Waals surface area contributed by atoms with E-state index in [2.05, 4.69) is 0 Å². The highest BCUT2D eigenvalue weighted by atomic mass is 35.5. The van der Waals surface area contributed by atoms with E-state index in [1.165, 1.54) is 18.2 Å². The van der Waals surface area contributed by atoms with Crippen LogP contribution in [0.25, 0.3) is 6.08 Å². The fourth-order valence-corrected chi connectivity index (χ4v) is 3.68. The van der Waals surface area contributed by atoms with Crippen LogP contribution in [0.1, 0.15) is 31.4 Å². The van der Waals surface area contributed by atoms with Crippen LogP contribution in [-0.2, 0) is 11.3 Å². The maximum absolute atomic E-state index is 14.0. The first kappa shape index (κ1) is 20.4. The molecule has 0 radical (unpaired) electrons. The quantitative estimate of drug-likeness (QED) is 0.547. The summed E-state index contributed by atoms with van der Waals surface area (Å²) in [7, 11) is 0. The van der Waals surface area contributed by atoms with E-state index in [9.17, 15) is 14.0 Å². The number of hydrogen-bond acceptors (Lipinski definition) is 4. The van der Waals surface area contributed by atoms with Crippen LogP contribution in [0.3, 0.4) is 0 Å². The lowest BCUT2D eigenvalue weighted by Gasteiger charge is -2.15. The van der Waals surface area contributed by atoms with E-state index < -0.39 is 17.0 Å². The first-order valence-corrected chi connectivity index (χ1v) is 10.0. The first-order chi connectivity index (χ1) is 13.4. The molecule has 1 atom stereocenters. The number of imide groups is 1. The number of rotatable bonds is 6. The highest BCUT2D eigenvalue weighted by Gasteiger charge is 2.36. The summed E-state index contributed by atoms with van der Waals surface area (Å²) in [6.07, 6.45) is 2.49. The van der Waals surface area contributed by atoms with Crippen LogP contribution < -0.4 is 4.74 Å².